The van der Waals surface area contributed by atoms with Gasteiger partial charge in [-0.1, -0.05) is 42.5 Å². The van der Waals surface area contributed by atoms with E-state index in [1.54, 1.807) is 0 Å². The third-order valence-electron chi connectivity index (χ3n) is 3.78. The van der Waals surface area contributed by atoms with Crippen molar-refractivity contribution in [3.63, 3.8) is 0 Å². The van der Waals surface area contributed by atoms with Crippen molar-refractivity contribution in [3.05, 3.63) is 81.9 Å². The number of aromatic nitrogens is 2. The van der Waals surface area contributed by atoms with Crippen LogP contribution < -0.4 is 5.56 Å². The number of benzene rings is 3. The molecular weight excluding hydrogens is 292 g/mol. The van der Waals surface area contributed by atoms with Gasteiger partial charge in [0.05, 0.1) is 16.6 Å². The Morgan fingerprint density at radius 1 is 0.864 bits per heavy atom. The summed E-state index contributed by atoms with van der Waals surface area (Å²) in [5.41, 5.74) is 1.43. The summed E-state index contributed by atoms with van der Waals surface area (Å²) in [4.78, 5) is 16.0. The molecular formula is C18H12N2OS. The Balaban J connectivity index is 2.15. The number of rotatable bonds is 1. The monoisotopic (exact) mass is 304 g/mol. The summed E-state index contributed by atoms with van der Waals surface area (Å²) in [6.45, 7) is 0. The Bertz CT molecular complexity index is 1110. The lowest BCUT2D eigenvalue weighted by Crippen LogP contribution is -2.20. The second-order valence-corrected chi connectivity index (χ2v) is 5.54. The quantitative estimate of drug-likeness (QED) is 0.423. The van der Waals surface area contributed by atoms with Gasteiger partial charge in [-0.05, 0) is 47.3 Å². The van der Waals surface area contributed by atoms with Crippen LogP contribution in [0.2, 0.25) is 0 Å². The highest BCUT2D eigenvalue weighted by molar-refractivity contribution is 7.71. The van der Waals surface area contributed by atoms with Crippen molar-refractivity contribution in [3.8, 4) is 5.69 Å². The topological polar surface area (TPSA) is 37.8 Å². The van der Waals surface area contributed by atoms with Crippen molar-refractivity contribution in [1.29, 1.82) is 0 Å². The van der Waals surface area contributed by atoms with Crippen LogP contribution in [0.15, 0.2) is 71.5 Å². The molecule has 22 heavy (non-hydrogen) atoms. The van der Waals surface area contributed by atoms with Gasteiger partial charge in [-0.3, -0.25) is 9.36 Å². The number of aromatic amines is 1. The van der Waals surface area contributed by atoms with Crippen LogP contribution in [0.4, 0.5) is 0 Å². The molecule has 0 amide bonds. The van der Waals surface area contributed by atoms with Crippen LogP contribution in [-0.2, 0) is 0 Å². The van der Waals surface area contributed by atoms with E-state index in [0.717, 1.165) is 22.0 Å². The number of H-pyrrole nitrogens is 1. The van der Waals surface area contributed by atoms with Crippen molar-refractivity contribution < 1.29 is 0 Å². The number of hydrogen-bond donors (Lipinski definition) is 1. The third kappa shape index (κ3) is 1.96. The van der Waals surface area contributed by atoms with Crippen molar-refractivity contribution in [2.24, 2.45) is 0 Å². The smallest absolute Gasteiger partial charge is 0.266 e. The number of nitrogens with zero attached hydrogens (tertiary/aromatic N) is 1. The fourth-order valence-corrected chi connectivity index (χ4v) is 3.01. The Morgan fingerprint density at radius 2 is 1.50 bits per heavy atom. The van der Waals surface area contributed by atoms with Crippen LogP contribution in [0.25, 0.3) is 27.4 Å². The highest BCUT2D eigenvalue weighted by Gasteiger charge is 2.08. The van der Waals surface area contributed by atoms with Crippen LogP contribution in [0.3, 0.4) is 0 Å². The first kappa shape index (κ1) is 13.0. The second kappa shape index (κ2) is 4.93. The summed E-state index contributed by atoms with van der Waals surface area (Å²) >= 11 is 5.38. The predicted molar refractivity (Wildman–Crippen MR) is 92.2 cm³/mol. The van der Waals surface area contributed by atoms with Crippen LogP contribution in [0.1, 0.15) is 0 Å². The number of para-hydroxylation sites is 1. The Labute approximate surface area is 131 Å². The average Bonchev–Trinajstić information content (AvgIpc) is 2.54. The normalized spacial score (nSPS) is 11.1. The lowest BCUT2D eigenvalue weighted by atomic mass is 10.1. The molecule has 1 N–H and O–H groups in total. The van der Waals surface area contributed by atoms with E-state index in [0.29, 0.717) is 10.2 Å². The maximum absolute atomic E-state index is 12.9. The summed E-state index contributed by atoms with van der Waals surface area (Å²) in [5.74, 6) is 0. The number of fused-ring (bicyclic) bond motifs is 2. The van der Waals surface area contributed by atoms with E-state index >= 15 is 0 Å². The molecule has 0 atom stereocenters. The number of nitrogens with one attached hydrogen (secondary N) is 1. The van der Waals surface area contributed by atoms with Crippen molar-refractivity contribution >= 4 is 33.9 Å². The van der Waals surface area contributed by atoms with Gasteiger partial charge < -0.3 is 4.98 Å². The van der Waals surface area contributed by atoms with Gasteiger partial charge in [-0.15, -0.1) is 0 Å². The molecule has 0 saturated carbocycles. The summed E-state index contributed by atoms with van der Waals surface area (Å²) < 4.78 is 1.94. The molecule has 4 aromatic rings. The first-order valence-corrected chi connectivity index (χ1v) is 7.38. The van der Waals surface area contributed by atoms with Gasteiger partial charge in [0.15, 0.2) is 4.77 Å². The Kier molecular flexibility index (Phi) is 2.91. The zero-order valence-corrected chi connectivity index (χ0v) is 12.4. The molecule has 0 aliphatic rings. The van der Waals surface area contributed by atoms with Gasteiger partial charge in [0.1, 0.15) is 0 Å². The molecule has 1 aromatic heterocycles. The third-order valence-corrected chi connectivity index (χ3v) is 4.06. The molecule has 3 nitrogen and oxygen atoms in total. The van der Waals surface area contributed by atoms with Gasteiger partial charge in [0, 0.05) is 0 Å². The van der Waals surface area contributed by atoms with E-state index < -0.39 is 0 Å². The van der Waals surface area contributed by atoms with Crippen LogP contribution in [-0.4, -0.2) is 9.55 Å². The summed E-state index contributed by atoms with van der Waals surface area (Å²) in [7, 11) is 0. The first-order chi connectivity index (χ1) is 10.7. The zero-order chi connectivity index (χ0) is 15.1. The molecule has 1 heterocycles. The molecule has 0 spiro atoms. The highest BCUT2D eigenvalue weighted by atomic mass is 32.1. The average molecular weight is 304 g/mol. The van der Waals surface area contributed by atoms with E-state index in [1.165, 1.54) is 4.57 Å². The molecule has 0 aliphatic heterocycles. The van der Waals surface area contributed by atoms with Crippen LogP contribution in [0.5, 0.6) is 0 Å². The highest BCUT2D eigenvalue weighted by Crippen LogP contribution is 2.19. The lowest BCUT2D eigenvalue weighted by Gasteiger charge is -2.09. The van der Waals surface area contributed by atoms with E-state index in [1.807, 2.05) is 66.7 Å². The molecule has 0 saturated heterocycles. The van der Waals surface area contributed by atoms with Gasteiger partial charge in [-0.25, -0.2) is 0 Å². The van der Waals surface area contributed by atoms with E-state index in [2.05, 4.69) is 4.98 Å². The second-order valence-electron chi connectivity index (χ2n) is 5.15. The van der Waals surface area contributed by atoms with Crippen LogP contribution in [0, 0.1) is 4.77 Å². The molecule has 3 aromatic carbocycles. The standard InChI is InChI=1S/C18H12N2OS/c21-17-15-10-12-6-4-5-7-13(12)11-16(15)19-18(22)20(17)14-8-2-1-3-9-14/h1-11H,(H,19,22). The summed E-state index contributed by atoms with van der Waals surface area (Å²) in [6, 6.07) is 21.3. The van der Waals surface area contributed by atoms with Crippen molar-refractivity contribution in [1.82, 2.24) is 9.55 Å². The maximum Gasteiger partial charge on any atom is 0.266 e. The molecule has 0 aliphatic carbocycles. The minimum Gasteiger partial charge on any atom is -0.331 e. The molecule has 106 valence electrons. The predicted octanol–water partition coefficient (Wildman–Crippen LogP) is 4.20. The van der Waals surface area contributed by atoms with Gasteiger partial charge in [0.25, 0.3) is 5.56 Å². The zero-order valence-electron chi connectivity index (χ0n) is 11.6. The maximum atomic E-state index is 12.9. The Hall–Kier alpha value is -2.72. The molecule has 0 unspecified atom stereocenters. The van der Waals surface area contributed by atoms with E-state index in [9.17, 15) is 4.79 Å². The van der Waals surface area contributed by atoms with Gasteiger partial charge in [-0.2, -0.15) is 0 Å². The van der Waals surface area contributed by atoms with Gasteiger partial charge in [0.2, 0.25) is 0 Å². The van der Waals surface area contributed by atoms with Crippen molar-refractivity contribution in [2.75, 3.05) is 0 Å². The molecule has 4 rings (SSSR count). The largest absolute Gasteiger partial charge is 0.331 e. The van der Waals surface area contributed by atoms with E-state index in [4.69, 9.17) is 12.2 Å². The number of hydrogen-bond acceptors (Lipinski definition) is 2. The lowest BCUT2D eigenvalue weighted by molar-refractivity contribution is 0.941. The van der Waals surface area contributed by atoms with E-state index in [-0.39, 0.29) is 5.56 Å². The summed E-state index contributed by atoms with van der Waals surface area (Å²) in [6.07, 6.45) is 0. The van der Waals surface area contributed by atoms with Gasteiger partial charge >= 0.3 is 0 Å². The molecule has 0 radical (unpaired) electrons. The Morgan fingerprint density at radius 3 is 2.23 bits per heavy atom. The first-order valence-electron chi connectivity index (χ1n) is 6.97. The van der Waals surface area contributed by atoms with Crippen LogP contribution >= 0.6 is 12.2 Å². The molecule has 0 bridgehead atoms. The van der Waals surface area contributed by atoms with Crippen molar-refractivity contribution in [2.45, 2.75) is 0 Å². The fraction of sp³-hybridized carbons (Fsp3) is 0. The SMILES string of the molecule is O=c1c2cc3ccccc3cc2[nH]c(=S)n1-c1ccccc1. The fourth-order valence-electron chi connectivity index (χ4n) is 2.72. The minimum atomic E-state index is -0.101. The minimum absolute atomic E-state index is 0.101. The molecule has 4 heteroatoms. The summed E-state index contributed by atoms with van der Waals surface area (Å²) in [5, 5.41) is 2.76. The molecule has 0 fully saturated rings.